The van der Waals surface area contributed by atoms with E-state index >= 15 is 0 Å². The van der Waals surface area contributed by atoms with Gasteiger partial charge in [-0.15, -0.1) is 11.6 Å². The maximum absolute atomic E-state index is 6.27. The van der Waals surface area contributed by atoms with Crippen LogP contribution in [0.25, 0.3) is 0 Å². The fourth-order valence-electron chi connectivity index (χ4n) is 2.70. The third-order valence-electron chi connectivity index (χ3n) is 3.59. The van der Waals surface area contributed by atoms with Crippen molar-refractivity contribution >= 4 is 11.6 Å². The second-order valence-corrected chi connectivity index (χ2v) is 6.43. The van der Waals surface area contributed by atoms with Gasteiger partial charge in [0.2, 0.25) is 0 Å². The number of alkyl halides is 1. The summed E-state index contributed by atoms with van der Waals surface area (Å²) in [5.41, 5.74) is 4.50. The number of halogens is 1. The lowest BCUT2D eigenvalue weighted by molar-refractivity contribution is 0.533. The largest absolute Gasteiger partial charge is 0.311 e. The maximum atomic E-state index is 6.27. The first-order valence-corrected chi connectivity index (χ1v) is 7.54. The van der Waals surface area contributed by atoms with Crippen LogP contribution in [0.5, 0.6) is 0 Å². The first kappa shape index (κ1) is 13.9. The van der Waals surface area contributed by atoms with Crippen LogP contribution < -0.4 is 5.32 Å². The van der Waals surface area contributed by atoms with Gasteiger partial charge in [-0.05, 0) is 48.3 Å². The fraction of sp³-hybridized carbons (Fsp3) is 0.625. The number of nitrogens with one attached hydrogen (secondary N) is 1. The first-order valence-electron chi connectivity index (χ1n) is 7.10. The molecule has 1 aromatic carbocycles. The number of hydrogen-bond acceptors (Lipinski definition) is 1. The highest BCUT2D eigenvalue weighted by Gasteiger charge is 2.11. The van der Waals surface area contributed by atoms with Gasteiger partial charge in [-0.25, -0.2) is 0 Å². The Morgan fingerprint density at radius 2 is 2.00 bits per heavy atom. The van der Waals surface area contributed by atoms with Crippen LogP contribution in [0.4, 0.5) is 0 Å². The number of benzene rings is 1. The van der Waals surface area contributed by atoms with Crippen LogP contribution >= 0.6 is 11.6 Å². The van der Waals surface area contributed by atoms with E-state index in [0.717, 1.165) is 19.5 Å². The Morgan fingerprint density at radius 1 is 1.22 bits per heavy atom. The summed E-state index contributed by atoms with van der Waals surface area (Å²) in [5.74, 6) is 0.675. The minimum absolute atomic E-state index is 0.249. The van der Waals surface area contributed by atoms with Crippen LogP contribution in [0.3, 0.4) is 0 Å². The molecule has 1 N–H and O–H groups in total. The molecule has 0 spiro atoms. The summed E-state index contributed by atoms with van der Waals surface area (Å²) in [6.45, 7) is 6.27. The van der Waals surface area contributed by atoms with Crippen molar-refractivity contribution in [3.8, 4) is 0 Å². The molecule has 2 heteroatoms. The van der Waals surface area contributed by atoms with Gasteiger partial charge in [-0.3, -0.25) is 0 Å². The Balaban J connectivity index is 1.77. The first-order chi connectivity index (χ1) is 8.65. The van der Waals surface area contributed by atoms with E-state index in [-0.39, 0.29) is 5.38 Å². The van der Waals surface area contributed by atoms with Crippen LogP contribution in [0, 0.1) is 5.92 Å². The Morgan fingerprint density at radius 3 is 2.78 bits per heavy atom. The number of aryl methyl sites for hydroxylation is 2. The van der Waals surface area contributed by atoms with E-state index in [2.05, 4.69) is 37.4 Å². The summed E-state index contributed by atoms with van der Waals surface area (Å²) in [5, 5.41) is 3.72. The van der Waals surface area contributed by atoms with Gasteiger partial charge in [0.05, 0.1) is 0 Å². The van der Waals surface area contributed by atoms with Crippen molar-refractivity contribution in [1.29, 1.82) is 0 Å². The molecule has 1 aliphatic carbocycles. The molecule has 0 fully saturated rings. The van der Waals surface area contributed by atoms with Crippen molar-refractivity contribution < 1.29 is 0 Å². The number of hydrogen-bond donors (Lipinski definition) is 1. The number of fused-ring (bicyclic) bond motifs is 1. The summed E-state index contributed by atoms with van der Waals surface area (Å²) < 4.78 is 0. The van der Waals surface area contributed by atoms with Gasteiger partial charge >= 0.3 is 0 Å². The fourth-order valence-corrected chi connectivity index (χ4v) is 3.17. The van der Waals surface area contributed by atoms with Crippen molar-refractivity contribution in [2.75, 3.05) is 6.54 Å². The van der Waals surface area contributed by atoms with Crippen LogP contribution in [0.15, 0.2) is 18.2 Å². The van der Waals surface area contributed by atoms with Gasteiger partial charge in [0.1, 0.15) is 0 Å². The molecule has 18 heavy (non-hydrogen) atoms. The molecule has 1 nitrogen and oxygen atoms in total. The highest BCUT2D eigenvalue weighted by Crippen LogP contribution is 2.22. The molecular formula is C16H24ClN. The molecule has 2 rings (SSSR count). The lowest BCUT2D eigenvalue weighted by Crippen LogP contribution is -2.24. The summed E-state index contributed by atoms with van der Waals surface area (Å²) >= 11 is 6.27. The Hall–Kier alpha value is -0.530. The van der Waals surface area contributed by atoms with E-state index in [1.807, 2.05) is 0 Å². The van der Waals surface area contributed by atoms with E-state index in [4.69, 9.17) is 11.6 Å². The molecule has 0 aliphatic heterocycles. The second kappa shape index (κ2) is 6.58. The smallest absolute Gasteiger partial charge is 0.0463 e. The zero-order chi connectivity index (χ0) is 13.0. The maximum Gasteiger partial charge on any atom is 0.0463 e. The molecule has 1 aromatic rings. The molecule has 0 amide bonds. The van der Waals surface area contributed by atoms with Gasteiger partial charge in [0.15, 0.2) is 0 Å². The minimum atomic E-state index is 0.249. The predicted molar refractivity (Wildman–Crippen MR) is 79.3 cm³/mol. The molecule has 1 atom stereocenters. The lowest BCUT2D eigenvalue weighted by atomic mass is 10.1. The van der Waals surface area contributed by atoms with E-state index in [0.29, 0.717) is 5.92 Å². The Bertz CT molecular complexity index is 387. The van der Waals surface area contributed by atoms with Gasteiger partial charge in [-0.1, -0.05) is 32.0 Å². The molecule has 1 unspecified atom stereocenters. The summed E-state index contributed by atoms with van der Waals surface area (Å²) in [7, 11) is 0. The highest BCUT2D eigenvalue weighted by atomic mass is 35.5. The molecule has 0 radical (unpaired) electrons. The topological polar surface area (TPSA) is 12.0 Å². The molecule has 0 saturated carbocycles. The van der Waals surface area contributed by atoms with Crippen molar-refractivity contribution in [2.45, 2.75) is 51.5 Å². The van der Waals surface area contributed by atoms with Crippen molar-refractivity contribution in [2.24, 2.45) is 5.92 Å². The quantitative estimate of drug-likeness (QED) is 0.769. The molecular weight excluding hydrogens is 242 g/mol. The summed E-state index contributed by atoms with van der Waals surface area (Å²) in [4.78, 5) is 0. The molecule has 0 aromatic heterocycles. The number of rotatable bonds is 6. The van der Waals surface area contributed by atoms with Crippen LogP contribution in [-0.4, -0.2) is 11.9 Å². The average Bonchev–Trinajstić information content (AvgIpc) is 2.75. The summed E-state index contributed by atoms with van der Waals surface area (Å²) in [6.07, 6.45) is 4.93. The monoisotopic (exact) mass is 265 g/mol. The van der Waals surface area contributed by atoms with E-state index < -0.39 is 0 Å². The normalized spacial score (nSPS) is 16.0. The van der Waals surface area contributed by atoms with Crippen LogP contribution in [0.2, 0.25) is 0 Å². The molecule has 0 saturated heterocycles. The van der Waals surface area contributed by atoms with Crippen LogP contribution in [0.1, 0.15) is 43.4 Å². The van der Waals surface area contributed by atoms with Crippen molar-refractivity contribution in [3.63, 3.8) is 0 Å². The van der Waals surface area contributed by atoms with Gasteiger partial charge in [-0.2, -0.15) is 0 Å². The van der Waals surface area contributed by atoms with Gasteiger partial charge < -0.3 is 5.32 Å². The Labute approximate surface area is 116 Å². The van der Waals surface area contributed by atoms with Crippen molar-refractivity contribution in [3.05, 3.63) is 34.9 Å². The molecule has 1 aliphatic rings. The van der Waals surface area contributed by atoms with E-state index in [1.165, 1.54) is 24.8 Å². The SMILES string of the molecule is CC(C)CC(Cl)CNCc1ccc2c(c1)CCC2. The Kier molecular flexibility index (Phi) is 5.08. The predicted octanol–water partition coefficient (Wildman–Crippen LogP) is 3.92. The van der Waals surface area contributed by atoms with Gasteiger partial charge in [0.25, 0.3) is 0 Å². The molecule has 0 heterocycles. The standard InChI is InChI=1S/C16H24ClN/c1-12(2)8-16(17)11-18-10-13-6-7-14-4-3-5-15(14)9-13/h6-7,9,12,16,18H,3-5,8,10-11H2,1-2H3. The van der Waals surface area contributed by atoms with E-state index in [1.54, 1.807) is 11.1 Å². The van der Waals surface area contributed by atoms with Crippen LogP contribution in [-0.2, 0) is 19.4 Å². The second-order valence-electron chi connectivity index (χ2n) is 5.81. The lowest BCUT2D eigenvalue weighted by Gasteiger charge is -2.13. The average molecular weight is 266 g/mol. The molecule has 0 bridgehead atoms. The van der Waals surface area contributed by atoms with E-state index in [9.17, 15) is 0 Å². The van der Waals surface area contributed by atoms with Gasteiger partial charge in [0, 0.05) is 18.5 Å². The molecule has 100 valence electrons. The van der Waals surface area contributed by atoms with Crippen molar-refractivity contribution in [1.82, 2.24) is 5.32 Å². The third-order valence-corrected chi connectivity index (χ3v) is 3.92. The zero-order valence-corrected chi connectivity index (χ0v) is 12.3. The zero-order valence-electron chi connectivity index (χ0n) is 11.5. The highest BCUT2D eigenvalue weighted by molar-refractivity contribution is 6.20. The minimum Gasteiger partial charge on any atom is -0.311 e. The summed E-state index contributed by atoms with van der Waals surface area (Å²) in [6, 6.07) is 6.91. The third kappa shape index (κ3) is 4.00.